The molecule has 1 aliphatic rings. The Bertz CT molecular complexity index is 281. The number of rotatable bonds is 4. The molecule has 17 heavy (non-hydrogen) atoms. The minimum absolute atomic E-state index is 0.000207. The van der Waals surface area contributed by atoms with Gasteiger partial charge in [-0.05, 0) is 33.2 Å². The van der Waals surface area contributed by atoms with Gasteiger partial charge in [-0.3, -0.25) is 15.0 Å². The summed E-state index contributed by atoms with van der Waals surface area (Å²) >= 11 is 0. The van der Waals surface area contributed by atoms with Gasteiger partial charge in [0.25, 0.3) is 0 Å². The van der Waals surface area contributed by atoms with Crippen molar-refractivity contribution < 1.29 is 14.7 Å². The molecule has 0 aromatic heterocycles. The second kappa shape index (κ2) is 6.56. The van der Waals surface area contributed by atoms with Crippen LogP contribution in [0.5, 0.6) is 0 Å². The number of nitrogens with zero attached hydrogens (tertiary/aromatic N) is 1. The first kappa shape index (κ1) is 13.9. The van der Waals surface area contributed by atoms with E-state index >= 15 is 0 Å². The first-order valence-corrected chi connectivity index (χ1v) is 5.98. The summed E-state index contributed by atoms with van der Waals surface area (Å²) in [5.41, 5.74) is 0. The van der Waals surface area contributed by atoms with Crippen molar-refractivity contribution in [3.8, 4) is 0 Å². The van der Waals surface area contributed by atoms with Crippen molar-refractivity contribution >= 4 is 11.9 Å². The lowest BCUT2D eigenvalue weighted by molar-refractivity contribution is -0.121. The molecule has 3 amide bonds. The van der Waals surface area contributed by atoms with Crippen LogP contribution < -0.4 is 10.6 Å². The van der Waals surface area contributed by atoms with Gasteiger partial charge in [-0.1, -0.05) is 0 Å². The maximum atomic E-state index is 11.6. The predicted octanol–water partition coefficient (Wildman–Crippen LogP) is -0.323. The van der Waals surface area contributed by atoms with E-state index in [0.29, 0.717) is 0 Å². The van der Waals surface area contributed by atoms with E-state index in [4.69, 9.17) is 5.11 Å². The maximum Gasteiger partial charge on any atom is 0.321 e. The van der Waals surface area contributed by atoms with Gasteiger partial charge in [0.2, 0.25) is 5.91 Å². The van der Waals surface area contributed by atoms with Gasteiger partial charge < -0.3 is 10.4 Å². The summed E-state index contributed by atoms with van der Waals surface area (Å²) in [7, 11) is 0. The molecule has 1 heterocycles. The van der Waals surface area contributed by atoms with Crippen molar-refractivity contribution in [2.45, 2.75) is 38.8 Å². The number of carbonyl (C=O) groups excluding carboxylic acids is 2. The largest absolute Gasteiger partial charge is 0.395 e. The highest BCUT2D eigenvalue weighted by molar-refractivity contribution is 5.95. The Hall–Kier alpha value is -1.14. The van der Waals surface area contributed by atoms with Crippen LogP contribution in [0, 0.1) is 0 Å². The molecule has 98 valence electrons. The summed E-state index contributed by atoms with van der Waals surface area (Å²) in [6, 6.07) is -0.418. The second-order valence-electron chi connectivity index (χ2n) is 4.63. The van der Waals surface area contributed by atoms with Crippen LogP contribution in [0.25, 0.3) is 0 Å². The van der Waals surface area contributed by atoms with E-state index in [0.717, 1.165) is 19.4 Å². The van der Waals surface area contributed by atoms with Crippen molar-refractivity contribution in [2.75, 3.05) is 19.7 Å². The SMILES string of the molecule is CC(C)NC(=O)NC(=O)CN1CCC[C@@H]1CO. The second-order valence-corrected chi connectivity index (χ2v) is 4.63. The Morgan fingerprint density at radius 2 is 2.18 bits per heavy atom. The molecule has 0 aromatic carbocycles. The molecule has 0 spiro atoms. The third-order valence-electron chi connectivity index (χ3n) is 2.73. The number of aliphatic hydroxyl groups is 1. The van der Waals surface area contributed by atoms with Crippen molar-refractivity contribution in [3.05, 3.63) is 0 Å². The van der Waals surface area contributed by atoms with Crippen LogP contribution >= 0.6 is 0 Å². The number of hydrogen-bond donors (Lipinski definition) is 3. The van der Waals surface area contributed by atoms with Gasteiger partial charge in [0, 0.05) is 12.1 Å². The molecular weight excluding hydrogens is 222 g/mol. The Morgan fingerprint density at radius 1 is 1.47 bits per heavy atom. The lowest BCUT2D eigenvalue weighted by Crippen LogP contribution is -2.47. The fourth-order valence-corrected chi connectivity index (χ4v) is 1.96. The van der Waals surface area contributed by atoms with E-state index in [1.807, 2.05) is 18.7 Å². The third-order valence-corrected chi connectivity index (χ3v) is 2.73. The Kier molecular flexibility index (Phi) is 5.37. The summed E-state index contributed by atoms with van der Waals surface area (Å²) in [4.78, 5) is 24.7. The molecule has 1 atom stereocenters. The molecule has 0 saturated carbocycles. The molecule has 0 bridgehead atoms. The monoisotopic (exact) mass is 243 g/mol. The molecule has 1 saturated heterocycles. The molecule has 3 N–H and O–H groups in total. The van der Waals surface area contributed by atoms with Gasteiger partial charge >= 0.3 is 6.03 Å². The lowest BCUT2D eigenvalue weighted by Gasteiger charge is -2.21. The van der Waals surface area contributed by atoms with E-state index in [2.05, 4.69) is 10.6 Å². The number of hydrogen-bond acceptors (Lipinski definition) is 4. The fraction of sp³-hybridized carbons (Fsp3) is 0.818. The number of carbonyl (C=O) groups is 2. The zero-order chi connectivity index (χ0) is 12.8. The molecule has 6 heteroatoms. The zero-order valence-electron chi connectivity index (χ0n) is 10.4. The summed E-state index contributed by atoms with van der Waals surface area (Å²) in [5, 5.41) is 14.0. The van der Waals surface area contributed by atoms with Gasteiger partial charge in [-0.15, -0.1) is 0 Å². The number of urea groups is 1. The van der Waals surface area contributed by atoms with Crippen molar-refractivity contribution in [1.82, 2.24) is 15.5 Å². The Balaban J connectivity index is 2.31. The van der Waals surface area contributed by atoms with Gasteiger partial charge in [-0.2, -0.15) is 0 Å². The molecule has 0 unspecified atom stereocenters. The summed E-state index contributed by atoms with van der Waals surface area (Å²) in [5.74, 6) is -0.330. The number of likely N-dealkylation sites (tertiary alicyclic amines) is 1. The number of nitrogens with one attached hydrogen (secondary N) is 2. The van der Waals surface area contributed by atoms with Crippen molar-refractivity contribution in [1.29, 1.82) is 0 Å². The smallest absolute Gasteiger partial charge is 0.321 e. The number of imide groups is 1. The first-order chi connectivity index (χ1) is 8.02. The van der Waals surface area contributed by atoms with Crippen LogP contribution in [-0.4, -0.2) is 53.7 Å². The molecule has 1 rings (SSSR count). The Labute approximate surface area is 101 Å². The minimum atomic E-state index is -0.468. The average Bonchev–Trinajstić information content (AvgIpc) is 2.63. The summed E-state index contributed by atoms with van der Waals surface area (Å²) in [6.45, 7) is 4.67. The lowest BCUT2D eigenvalue weighted by atomic mass is 10.2. The summed E-state index contributed by atoms with van der Waals surface area (Å²) < 4.78 is 0. The van der Waals surface area contributed by atoms with Crippen molar-refractivity contribution in [3.63, 3.8) is 0 Å². The van der Waals surface area contributed by atoms with E-state index in [9.17, 15) is 9.59 Å². The number of amides is 3. The molecule has 1 aliphatic heterocycles. The number of aliphatic hydroxyl groups excluding tert-OH is 1. The van der Waals surface area contributed by atoms with Crippen LogP contribution in [-0.2, 0) is 4.79 Å². The van der Waals surface area contributed by atoms with Gasteiger partial charge in [0.05, 0.1) is 13.2 Å². The van der Waals surface area contributed by atoms with Crippen molar-refractivity contribution in [2.24, 2.45) is 0 Å². The highest BCUT2D eigenvalue weighted by atomic mass is 16.3. The standard InChI is InChI=1S/C11H21N3O3/c1-8(2)12-11(17)13-10(16)6-14-5-3-4-9(14)7-15/h8-9,15H,3-7H2,1-2H3,(H2,12,13,16,17)/t9-/m1/s1. The normalized spacial score (nSPS) is 20.6. The van der Waals surface area contributed by atoms with Crippen LogP contribution in [0.2, 0.25) is 0 Å². The van der Waals surface area contributed by atoms with Crippen LogP contribution in [0.1, 0.15) is 26.7 Å². The highest BCUT2D eigenvalue weighted by Crippen LogP contribution is 2.15. The quantitative estimate of drug-likeness (QED) is 0.632. The van der Waals surface area contributed by atoms with E-state index < -0.39 is 6.03 Å². The Morgan fingerprint density at radius 3 is 2.76 bits per heavy atom. The fourth-order valence-electron chi connectivity index (χ4n) is 1.96. The summed E-state index contributed by atoms with van der Waals surface area (Å²) in [6.07, 6.45) is 1.89. The predicted molar refractivity (Wildman–Crippen MR) is 63.5 cm³/mol. The van der Waals surface area contributed by atoms with E-state index in [-0.39, 0.29) is 31.1 Å². The minimum Gasteiger partial charge on any atom is -0.395 e. The van der Waals surface area contributed by atoms with Gasteiger partial charge in [0.15, 0.2) is 0 Å². The van der Waals surface area contributed by atoms with Crippen LogP contribution in [0.15, 0.2) is 0 Å². The molecule has 1 fully saturated rings. The van der Waals surface area contributed by atoms with E-state index in [1.54, 1.807) is 0 Å². The third kappa shape index (κ3) is 4.70. The first-order valence-electron chi connectivity index (χ1n) is 5.98. The van der Waals surface area contributed by atoms with E-state index in [1.165, 1.54) is 0 Å². The molecule has 0 aliphatic carbocycles. The molecule has 0 radical (unpaired) electrons. The molecule has 6 nitrogen and oxygen atoms in total. The van der Waals surface area contributed by atoms with Gasteiger partial charge in [-0.25, -0.2) is 4.79 Å². The molecular formula is C11H21N3O3. The average molecular weight is 243 g/mol. The van der Waals surface area contributed by atoms with Gasteiger partial charge in [0.1, 0.15) is 0 Å². The zero-order valence-corrected chi connectivity index (χ0v) is 10.4. The molecule has 0 aromatic rings. The maximum absolute atomic E-state index is 11.6. The van der Waals surface area contributed by atoms with Crippen LogP contribution in [0.4, 0.5) is 4.79 Å². The topological polar surface area (TPSA) is 81.7 Å². The van der Waals surface area contributed by atoms with Crippen LogP contribution in [0.3, 0.4) is 0 Å². The highest BCUT2D eigenvalue weighted by Gasteiger charge is 2.25.